The second kappa shape index (κ2) is 5.97. The van der Waals surface area contributed by atoms with E-state index in [1.54, 1.807) is 18.2 Å². The van der Waals surface area contributed by atoms with Gasteiger partial charge in [0.05, 0.1) is 0 Å². The van der Waals surface area contributed by atoms with E-state index in [1.807, 2.05) is 18.2 Å². The average molecular weight is 341 g/mol. The lowest BCUT2D eigenvalue weighted by Crippen LogP contribution is -2.18. The van der Waals surface area contributed by atoms with E-state index < -0.39 is 0 Å². The molecule has 0 saturated heterocycles. The summed E-state index contributed by atoms with van der Waals surface area (Å²) >= 11 is 17.1. The highest BCUT2D eigenvalue weighted by Crippen LogP contribution is 2.34. The number of anilines is 2. The summed E-state index contributed by atoms with van der Waals surface area (Å²) in [5, 5.41) is 7.58. The highest BCUT2D eigenvalue weighted by Gasteiger charge is 2.13. The van der Waals surface area contributed by atoms with Gasteiger partial charge in [0, 0.05) is 27.5 Å². The third-order valence-corrected chi connectivity index (χ3v) is 3.39. The standard InChI is InChI=1S/C14H10Cl2N2O2S/c15-8-3-9(16)5-11(4-8)18-14(21)17-10-1-2-12-13(6-10)20-7-19-12/h1-6H,7H2,(H2,17,18,21). The molecule has 0 spiro atoms. The molecule has 0 aromatic heterocycles. The zero-order valence-electron chi connectivity index (χ0n) is 10.7. The van der Waals surface area contributed by atoms with Gasteiger partial charge in [0.25, 0.3) is 0 Å². The maximum absolute atomic E-state index is 5.94. The Morgan fingerprint density at radius 2 is 1.57 bits per heavy atom. The predicted octanol–water partition coefficient (Wildman–Crippen LogP) is 4.53. The molecule has 2 aromatic carbocycles. The molecule has 0 saturated carbocycles. The minimum absolute atomic E-state index is 0.239. The van der Waals surface area contributed by atoms with Crippen LogP contribution in [0.4, 0.5) is 11.4 Å². The molecule has 7 heteroatoms. The molecule has 2 aromatic rings. The summed E-state index contributed by atoms with van der Waals surface area (Å²) in [7, 11) is 0. The number of benzene rings is 2. The van der Waals surface area contributed by atoms with Gasteiger partial charge in [-0.05, 0) is 42.5 Å². The van der Waals surface area contributed by atoms with Crippen LogP contribution in [0, 0.1) is 0 Å². The summed E-state index contributed by atoms with van der Waals surface area (Å²) in [6.07, 6.45) is 0. The Morgan fingerprint density at radius 3 is 2.33 bits per heavy atom. The first kappa shape index (κ1) is 14.3. The summed E-state index contributed by atoms with van der Waals surface area (Å²) in [4.78, 5) is 0. The van der Waals surface area contributed by atoms with Gasteiger partial charge in [-0.1, -0.05) is 23.2 Å². The third kappa shape index (κ3) is 3.50. The summed E-state index contributed by atoms with van der Waals surface area (Å²) < 4.78 is 10.6. The van der Waals surface area contributed by atoms with Gasteiger partial charge in [-0.3, -0.25) is 0 Å². The molecule has 21 heavy (non-hydrogen) atoms. The molecule has 0 aliphatic carbocycles. The monoisotopic (exact) mass is 340 g/mol. The van der Waals surface area contributed by atoms with Crippen LogP contribution in [0.15, 0.2) is 36.4 Å². The summed E-state index contributed by atoms with van der Waals surface area (Å²) in [6, 6.07) is 10.6. The molecule has 1 aliphatic rings. The van der Waals surface area contributed by atoms with Crippen LogP contribution in [0.2, 0.25) is 10.0 Å². The van der Waals surface area contributed by atoms with Crippen LogP contribution in [0.1, 0.15) is 0 Å². The third-order valence-electron chi connectivity index (χ3n) is 2.75. The minimum Gasteiger partial charge on any atom is -0.454 e. The largest absolute Gasteiger partial charge is 0.454 e. The Bertz CT molecular complexity index is 689. The van der Waals surface area contributed by atoms with E-state index in [2.05, 4.69) is 10.6 Å². The molecule has 3 rings (SSSR count). The molecule has 0 fully saturated rings. The number of thiocarbonyl (C=S) groups is 1. The average Bonchev–Trinajstić information content (AvgIpc) is 2.84. The Balaban J connectivity index is 1.69. The Hall–Kier alpha value is -1.69. The van der Waals surface area contributed by atoms with Crippen molar-refractivity contribution in [1.82, 2.24) is 0 Å². The molecule has 4 nitrogen and oxygen atoms in total. The fraction of sp³-hybridized carbons (Fsp3) is 0.0714. The second-order valence-corrected chi connectivity index (χ2v) is 5.59. The number of halogens is 2. The van der Waals surface area contributed by atoms with Crippen molar-refractivity contribution in [2.45, 2.75) is 0 Å². The zero-order chi connectivity index (χ0) is 14.8. The fourth-order valence-corrected chi connectivity index (χ4v) is 2.66. The van der Waals surface area contributed by atoms with Crippen LogP contribution < -0.4 is 20.1 Å². The molecule has 108 valence electrons. The van der Waals surface area contributed by atoms with Crippen LogP contribution in [-0.4, -0.2) is 11.9 Å². The van der Waals surface area contributed by atoms with E-state index in [1.165, 1.54) is 0 Å². The Labute approximate surface area is 137 Å². The lowest BCUT2D eigenvalue weighted by molar-refractivity contribution is 0.174. The van der Waals surface area contributed by atoms with Crippen molar-refractivity contribution < 1.29 is 9.47 Å². The summed E-state index contributed by atoms with van der Waals surface area (Å²) in [5.41, 5.74) is 1.51. The van der Waals surface area contributed by atoms with Crippen LogP contribution in [0.5, 0.6) is 11.5 Å². The van der Waals surface area contributed by atoms with Crippen molar-refractivity contribution >= 4 is 51.9 Å². The van der Waals surface area contributed by atoms with Crippen molar-refractivity contribution in [2.75, 3.05) is 17.4 Å². The van der Waals surface area contributed by atoms with Crippen LogP contribution in [0.25, 0.3) is 0 Å². The maximum atomic E-state index is 5.94. The smallest absolute Gasteiger partial charge is 0.231 e. The van der Waals surface area contributed by atoms with Gasteiger partial charge in [0.2, 0.25) is 6.79 Å². The Morgan fingerprint density at radius 1 is 0.905 bits per heavy atom. The van der Waals surface area contributed by atoms with E-state index in [0.717, 1.165) is 11.4 Å². The lowest BCUT2D eigenvalue weighted by atomic mass is 10.3. The Kier molecular flexibility index (Phi) is 4.05. The van der Waals surface area contributed by atoms with Gasteiger partial charge < -0.3 is 20.1 Å². The molecule has 0 unspecified atom stereocenters. The first-order valence-electron chi connectivity index (χ1n) is 6.04. The topological polar surface area (TPSA) is 42.5 Å². The van der Waals surface area contributed by atoms with Crippen LogP contribution >= 0.6 is 35.4 Å². The molecular weight excluding hydrogens is 331 g/mol. The van der Waals surface area contributed by atoms with Gasteiger partial charge in [-0.25, -0.2) is 0 Å². The van der Waals surface area contributed by atoms with Crippen molar-refractivity contribution in [3.63, 3.8) is 0 Å². The van der Waals surface area contributed by atoms with E-state index in [9.17, 15) is 0 Å². The van der Waals surface area contributed by atoms with Gasteiger partial charge in [-0.2, -0.15) is 0 Å². The van der Waals surface area contributed by atoms with Gasteiger partial charge >= 0.3 is 0 Å². The molecule has 2 N–H and O–H groups in total. The zero-order valence-corrected chi connectivity index (χ0v) is 13.0. The highest BCUT2D eigenvalue weighted by atomic mass is 35.5. The number of fused-ring (bicyclic) bond motifs is 1. The summed E-state index contributed by atoms with van der Waals surface area (Å²) in [6.45, 7) is 0.239. The number of nitrogens with one attached hydrogen (secondary N) is 2. The van der Waals surface area contributed by atoms with Crippen LogP contribution in [0.3, 0.4) is 0 Å². The number of ether oxygens (including phenoxy) is 2. The first-order chi connectivity index (χ1) is 10.1. The normalized spacial score (nSPS) is 12.1. The number of hydrogen-bond acceptors (Lipinski definition) is 3. The minimum atomic E-state index is 0.239. The van der Waals surface area contributed by atoms with Crippen molar-refractivity contribution in [3.8, 4) is 11.5 Å². The van der Waals surface area contributed by atoms with Crippen molar-refractivity contribution in [3.05, 3.63) is 46.4 Å². The second-order valence-electron chi connectivity index (χ2n) is 4.31. The van der Waals surface area contributed by atoms with E-state index in [-0.39, 0.29) is 6.79 Å². The van der Waals surface area contributed by atoms with Gasteiger partial charge in [0.15, 0.2) is 16.6 Å². The van der Waals surface area contributed by atoms with E-state index >= 15 is 0 Å². The number of rotatable bonds is 2. The molecular formula is C14H10Cl2N2O2S. The molecule has 1 heterocycles. The fourth-order valence-electron chi connectivity index (χ4n) is 1.89. The molecule has 0 amide bonds. The molecule has 0 bridgehead atoms. The van der Waals surface area contributed by atoms with Gasteiger partial charge in [-0.15, -0.1) is 0 Å². The highest BCUT2D eigenvalue weighted by molar-refractivity contribution is 7.80. The predicted molar refractivity (Wildman–Crippen MR) is 88.9 cm³/mol. The first-order valence-corrected chi connectivity index (χ1v) is 7.20. The SMILES string of the molecule is S=C(Nc1cc(Cl)cc(Cl)c1)Nc1ccc2c(c1)OCO2. The summed E-state index contributed by atoms with van der Waals surface area (Å²) in [5.74, 6) is 1.41. The molecule has 0 atom stereocenters. The van der Waals surface area contributed by atoms with Crippen molar-refractivity contribution in [2.24, 2.45) is 0 Å². The van der Waals surface area contributed by atoms with Crippen LogP contribution in [-0.2, 0) is 0 Å². The van der Waals surface area contributed by atoms with Crippen molar-refractivity contribution in [1.29, 1.82) is 0 Å². The van der Waals surface area contributed by atoms with E-state index in [0.29, 0.717) is 26.6 Å². The van der Waals surface area contributed by atoms with E-state index in [4.69, 9.17) is 44.9 Å². The molecule has 1 aliphatic heterocycles. The maximum Gasteiger partial charge on any atom is 0.231 e. The lowest BCUT2D eigenvalue weighted by Gasteiger charge is -2.11. The quantitative estimate of drug-likeness (QED) is 0.786. The molecule has 0 radical (unpaired) electrons. The number of hydrogen-bond donors (Lipinski definition) is 2. The van der Waals surface area contributed by atoms with Gasteiger partial charge in [0.1, 0.15) is 0 Å².